The molecular formula is C21H36IN5O. The second-order valence-electron chi connectivity index (χ2n) is 7.70. The highest BCUT2D eigenvalue weighted by Crippen LogP contribution is 2.19. The van der Waals surface area contributed by atoms with Crippen LogP contribution in [0.5, 0.6) is 0 Å². The van der Waals surface area contributed by atoms with Crippen LogP contribution in [0.25, 0.3) is 0 Å². The van der Waals surface area contributed by atoms with Crippen molar-refractivity contribution in [2.45, 2.75) is 45.6 Å². The number of ether oxygens (including phenoxy) is 1. The average molecular weight is 501 g/mol. The average Bonchev–Trinajstić information content (AvgIpc) is 3.04. The summed E-state index contributed by atoms with van der Waals surface area (Å²) in [5, 5.41) is 3.42. The van der Waals surface area contributed by atoms with Crippen LogP contribution in [0, 0.1) is 5.92 Å². The van der Waals surface area contributed by atoms with Gasteiger partial charge in [-0.15, -0.1) is 24.0 Å². The third kappa shape index (κ3) is 7.06. The molecule has 28 heavy (non-hydrogen) atoms. The summed E-state index contributed by atoms with van der Waals surface area (Å²) in [4.78, 5) is 14.1. The Morgan fingerprint density at radius 3 is 2.79 bits per heavy atom. The molecule has 7 heteroatoms. The summed E-state index contributed by atoms with van der Waals surface area (Å²) in [6.07, 6.45) is 8.29. The van der Waals surface area contributed by atoms with Gasteiger partial charge in [0, 0.05) is 51.9 Å². The minimum absolute atomic E-state index is 0. The van der Waals surface area contributed by atoms with Crippen molar-refractivity contribution in [2.75, 3.05) is 51.3 Å². The van der Waals surface area contributed by atoms with Crippen LogP contribution in [0.4, 0.5) is 5.82 Å². The van der Waals surface area contributed by atoms with Crippen LogP contribution < -0.4 is 10.2 Å². The van der Waals surface area contributed by atoms with Crippen molar-refractivity contribution in [1.29, 1.82) is 0 Å². The molecule has 158 valence electrons. The molecule has 0 radical (unpaired) electrons. The number of hydrogen-bond acceptors (Lipinski definition) is 4. The largest absolute Gasteiger partial charge is 0.381 e. The van der Waals surface area contributed by atoms with Gasteiger partial charge in [0.2, 0.25) is 0 Å². The maximum absolute atomic E-state index is 5.51. The monoisotopic (exact) mass is 501 g/mol. The number of hydrogen-bond donors (Lipinski definition) is 1. The normalized spacial score (nSPS) is 20.4. The van der Waals surface area contributed by atoms with E-state index in [1.807, 2.05) is 6.20 Å². The molecule has 3 heterocycles. The molecule has 1 atom stereocenters. The van der Waals surface area contributed by atoms with E-state index in [1.54, 1.807) is 0 Å². The van der Waals surface area contributed by atoms with Crippen LogP contribution in [0.15, 0.2) is 23.3 Å². The Bertz CT molecular complexity index is 598. The van der Waals surface area contributed by atoms with Crippen molar-refractivity contribution in [3.63, 3.8) is 0 Å². The van der Waals surface area contributed by atoms with Gasteiger partial charge in [0.25, 0.3) is 0 Å². The van der Waals surface area contributed by atoms with E-state index in [0.717, 1.165) is 57.6 Å². The highest BCUT2D eigenvalue weighted by Gasteiger charge is 2.19. The second-order valence-corrected chi connectivity index (χ2v) is 7.70. The molecule has 2 fully saturated rings. The number of pyridine rings is 1. The zero-order valence-electron chi connectivity index (χ0n) is 17.4. The van der Waals surface area contributed by atoms with E-state index in [1.165, 1.54) is 31.2 Å². The van der Waals surface area contributed by atoms with Crippen molar-refractivity contribution in [1.82, 2.24) is 15.2 Å². The van der Waals surface area contributed by atoms with Crippen LogP contribution in [0.3, 0.4) is 0 Å². The van der Waals surface area contributed by atoms with Crippen molar-refractivity contribution in [3.8, 4) is 0 Å². The van der Waals surface area contributed by atoms with E-state index in [9.17, 15) is 0 Å². The van der Waals surface area contributed by atoms with Gasteiger partial charge < -0.3 is 19.9 Å². The summed E-state index contributed by atoms with van der Waals surface area (Å²) in [7, 11) is 2.12. The zero-order valence-corrected chi connectivity index (χ0v) is 19.7. The van der Waals surface area contributed by atoms with Crippen molar-refractivity contribution < 1.29 is 4.74 Å². The van der Waals surface area contributed by atoms with Gasteiger partial charge in [-0.25, -0.2) is 9.98 Å². The van der Waals surface area contributed by atoms with E-state index in [4.69, 9.17) is 9.73 Å². The van der Waals surface area contributed by atoms with Gasteiger partial charge in [-0.2, -0.15) is 0 Å². The molecule has 0 amide bonds. The molecule has 1 unspecified atom stereocenters. The predicted octanol–water partition coefficient (Wildman–Crippen LogP) is 3.51. The minimum Gasteiger partial charge on any atom is -0.381 e. The Hall–Kier alpha value is -1.09. The Labute approximate surface area is 187 Å². The molecule has 0 aliphatic carbocycles. The molecule has 2 aliphatic rings. The molecular weight excluding hydrogens is 465 g/mol. The standard InChI is InChI=1S/C21H35N5O.HI/c1-3-22-21(25(2)16-19-9-13-27-17-19)24-15-18-8-10-23-20(14-18)26-11-6-4-5-7-12-26;/h8,10,14,19H,3-7,9,11-13,15-17H2,1-2H3,(H,22,24);1H. The van der Waals surface area contributed by atoms with Crippen molar-refractivity contribution >= 4 is 35.8 Å². The SMILES string of the molecule is CCNC(=NCc1ccnc(N2CCCCCC2)c1)N(C)CC1CCOC1.I. The Balaban J connectivity index is 0.00000280. The fraction of sp³-hybridized carbons (Fsp3) is 0.714. The number of nitrogens with zero attached hydrogens (tertiary/aromatic N) is 4. The van der Waals surface area contributed by atoms with Crippen LogP contribution >= 0.6 is 24.0 Å². The summed E-state index contributed by atoms with van der Waals surface area (Å²) in [6, 6.07) is 4.29. The van der Waals surface area contributed by atoms with Gasteiger partial charge in [0.05, 0.1) is 13.2 Å². The molecule has 0 saturated carbocycles. The molecule has 3 rings (SSSR count). The fourth-order valence-corrected chi connectivity index (χ4v) is 3.87. The van der Waals surface area contributed by atoms with Crippen molar-refractivity contribution in [3.05, 3.63) is 23.9 Å². The van der Waals surface area contributed by atoms with Crippen LogP contribution in [0.1, 0.15) is 44.6 Å². The number of aliphatic imine (C=N–C) groups is 1. The van der Waals surface area contributed by atoms with Gasteiger partial charge in [0.1, 0.15) is 5.82 Å². The quantitative estimate of drug-likeness (QED) is 0.368. The number of nitrogens with one attached hydrogen (secondary N) is 1. The molecule has 2 aliphatic heterocycles. The lowest BCUT2D eigenvalue weighted by atomic mass is 10.1. The first kappa shape index (κ1) is 23.2. The Kier molecular flexibility index (Phi) is 10.3. The maximum Gasteiger partial charge on any atom is 0.193 e. The number of aromatic nitrogens is 1. The lowest BCUT2D eigenvalue weighted by Gasteiger charge is -2.24. The first-order valence-corrected chi connectivity index (χ1v) is 10.5. The van der Waals surface area contributed by atoms with Crippen molar-refractivity contribution in [2.24, 2.45) is 10.9 Å². The lowest BCUT2D eigenvalue weighted by molar-refractivity contribution is 0.181. The van der Waals surface area contributed by atoms with E-state index in [0.29, 0.717) is 12.5 Å². The number of halogens is 1. The predicted molar refractivity (Wildman–Crippen MR) is 127 cm³/mol. The second kappa shape index (κ2) is 12.5. The third-order valence-electron chi connectivity index (χ3n) is 5.40. The maximum atomic E-state index is 5.51. The number of rotatable bonds is 6. The molecule has 1 aromatic rings. The molecule has 0 bridgehead atoms. The summed E-state index contributed by atoms with van der Waals surface area (Å²) in [5.41, 5.74) is 1.22. The highest BCUT2D eigenvalue weighted by molar-refractivity contribution is 14.0. The first-order chi connectivity index (χ1) is 13.3. The molecule has 0 spiro atoms. The topological polar surface area (TPSA) is 53.0 Å². The van der Waals surface area contributed by atoms with Crippen LogP contribution in [-0.4, -0.2) is 62.3 Å². The van der Waals surface area contributed by atoms with Crippen LogP contribution in [-0.2, 0) is 11.3 Å². The Morgan fingerprint density at radius 1 is 1.32 bits per heavy atom. The smallest absolute Gasteiger partial charge is 0.193 e. The highest BCUT2D eigenvalue weighted by atomic mass is 127. The fourth-order valence-electron chi connectivity index (χ4n) is 3.87. The van der Waals surface area contributed by atoms with Gasteiger partial charge in [0.15, 0.2) is 5.96 Å². The van der Waals surface area contributed by atoms with Crippen LogP contribution in [0.2, 0.25) is 0 Å². The zero-order chi connectivity index (χ0) is 18.9. The van der Waals surface area contributed by atoms with E-state index in [2.05, 4.69) is 46.2 Å². The molecule has 2 saturated heterocycles. The van der Waals surface area contributed by atoms with Gasteiger partial charge in [-0.3, -0.25) is 0 Å². The molecule has 6 nitrogen and oxygen atoms in total. The molecule has 0 aromatic carbocycles. The lowest BCUT2D eigenvalue weighted by Crippen LogP contribution is -2.41. The Morgan fingerprint density at radius 2 is 2.11 bits per heavy atom. The van der Waals surface area contributed by atoms with Gasteiger partial charge in [-0.1, -0.05) is 12.8 Å². The summed E-state index contributed by atoms with van der Waals surface area (Å²) in [6.45, 7) is 8.66. The summed E-state index contributed by atoms with van der Waals surface area (Å²) >= 11 is 0. The van der Waals surface area contributed by atoms with Gasteiger partial charge >= 0.3 is 0 Å². The van der Waals surface area contributed by atoms with E-state index >= 15 is 0 Å². The number of guanidine groups is 1. The molecule has 1 aromatic heterocycles. The van der Waals surface area contributed by atoms with Gasteiger partial charge in [-0.05, 0) is 43.9 Å². The molecule has 1 N–H and O–H groups in total. The number of anilines is 1. The van der Waals surface area contributed by atoms with E-state index < -0.39 is 0 Å². The van der Waals surface area contributed by atoms with E-state index in [-0.39, 0.29) is 24.0 Å². The summed E-state index contributed by atoms with van der Waals surface area (Å²) < 4.78 is 5.51. The minimum atomic E-state index is 0. The third-order valence-corrected chi connectivity index (χ3v) is 5.40. The first-order valence-electron chi connectivity index (χ1n) is 10.5. The summed E-state index contributed by atoms with van der Waals surface area (Å²) in [5.74, 6) is 2.68.